The fourth-order valence-corrected chi connectivity index (χ4v) is 6.99. The third-order valence-corrected chi connectivity index (χ3v) is 5.45. The molecule has 74 valence electrons. The van der Waals surface area contributed by atoms with Crippen molar-refractivity contribution in [3.05, 3.63) is 0 Å². The summed E-state index contributed by atoms with van der Waals surface area (Å²) in [5, 5.41) is 10.4. The Kier molecular flexibility index (Phi) is 1.56. The van der Waals surface area contributed by atoms with Gasteiger partial charge in [0.2, 0.25) is 0 Å². The van der Waals surface area contributed by atoms with Crippen LogP contribution in [0.2, 0.25) is 0 Å². The molecular formula is C11H17IO. The predicted octanol–water partition coefficient (Wildman–Crippen LogP) is 2.90. The summed E-state index contributed by atoms with van der Waals surface area (Å²) < 4.78 is 0.445. The van der Waals surface area contributed by atoms with Gasteiger partial charge < -0.3 is 5.11 Å². The number of hydrogen-bond acceptors (Lipinski definition) is 1. The largest absolute Gasteiger partial charge is 0.390 e. The van der Waals surface area contributed by atoms with E-state index in [0.717, 1.165) is 25.2 Å². The number of aliphatic hydroxyl groups is 1. The van der Waals surface area contributed by atoms with Crippen LogP contribution < -0.4 is 0 Å². The lowest BCUT2D eigenvalue weighted by atomic mass is 9.48. The van der Waals surface area contributed by atoms with Gasteiger partial charge >= 0.3 is 0 Å². The summed E-state index contributed by atoms with van der Waals surface area (Å²) in [4.78, 5) is 0. The van der Waals surface area contributed by atoms with E-state index in [1.54, 1.807) is 0 Å². The highest BCUT2D eigenvalue weighted by Gasteiger charge is 2.60. The fourth-order valence-electron chi connectivity index (χ4n) is 4.74. The van der Waals surface area contributed by atoms with Crippen LogP contribution in [0.4, 0.5) is 0 Å². The van der Waals surface area contributed by atoms with E-state index in [4.69, 9.17) is 0 Å². The second-order valence-corrected chi connectivity index (χ2v) is 8.48. The third-order valence-electron chi connectivity index (χ3n) is 4.25. The van der Waals surface area contributed by atoms with E-state index in [2.05, 4.69) is 29.5 Å². The Balaban J connectivity index is 2.03. The minimum atomic E-state index is -0.282. The minimum Gasteiger partial charge on any atom is -0.390 e. The van der Waals surface area contributed by atoms with Crippen LogP contribution in [0.15, 0.2) is 0 Å². The Labute approximate surface area is 93.4 Å². The van der Waals surface area contributed by atoms with Gasteiger partial charge in [-0.1, -0.05) is 29.5 Å². The Bertz CT molecular complexity index is 212. The zero-order valence-electron chi connectivity index (χ0n) is 8.15. The molecule has 0 aromatic heterocycles. The lowest BCUT2D eigenvalue weighted by molar-refractivity contribution is -0.143. The fraction of sp³-hybridized carbons (Fsp3) is 1.00. The van der Waals surface area contributed by atoms with Crippen LogP contribution in [-0.2, 0) is 0 Å². The molecule has 0 aromatic rings. The Hall–Kier alpha value is 0.690. The summed E-state index contributed by atoms with van der Waals surface area (Å²) >= 11 is 2.63. The highest BCUT2D eigenvalue weighted by Crippen LogP contribution is 2.65. The molecule has 13 heavy (non-hydrogen) atoms. The summed E-state index contributed by atoms with van der Waals surface area (Å²) in [6, 6.07) is 0. The van der Waals surface area contributed by atoms with E-state index < -0.39 is 0 Å². The second-order valence-electron chi connectivity index (χ2n) is 6.19. The molecule has 4 aliphatic carbocycles. The highest BCUT2D eigenvalue weighted by atomic mass is 127. The van der Waals surface area contributed by atoms with E-state index in [-0.39, 0.29) is 5.60 Å². The molecule has 1 N–H and O–H groups in total. The smallest absolute Gasteiger partial charge is 0.0668 e. The average Bonchev–Trinajstić information content (AvgIpc) is 1.71. The summed E-state index contributed by atoms with van der Waals surface area (Å²) in [6.45, 7) is 2.38. The van der Waals surface area contributed by atoms with Crippen LogP contribution in [0.25, 0.3) is 0 Å². The monoisotopic (exact) mass is 292 g/mol. The first-order valence-corrected chi connectivity index (χ1v) is 6.40. The van der Waals surface area contributed by atoms with Gasteiger partial charge in [-0.25, -0.2) is 0 Å². The summed E-state index contributed by atoms with van der Waals surface area (Å²) in [5.74, 6) is 0.822. The standard InChI is InChI=1S/C11H17IO/c1-9-2-8-3-10(12,5-9)7-11(13,4-8)6-9/h8,13H,2-7H2,1H3/t8?,9-,10?,11?/m1/s1. The highest BCUT2D eigenvalue weighted by molar-refractivity contribution is 14.1. The van der Waals surface area contributed by atoms with Crippen molar-refractivity contribution in [3.63, 3.8) is 0 Å². The van der Waals surface area contributed by atoms with Crippen LogP contribution in [0, 0.1) is 11.3 Å². The van der Waals surface area contributed by atoms with E-state index in [1.165, 1.54) is 19.3 Å². The summed E-state index contributed by atoms with van der Waals surface area (Å²) in [6.07, 6.45) is 7.31. The molecule has 0 radical (unpaired) electrons. The Morgan fingerprint density at radius 2 is 1.92 bits per heavy atom. The number of alkyl halides is 1. The van der Waals surface area contributed by atoms with E-state index in [0.29, 0.717) is 8.84 Å². The zero-order valence-corrected chi connectivity index (χ0v) is 10.3. The molecule has 2 heteroatoms. The van der Waals surface area contributed by atoms with Crippen LogP contribution >= 0.6 is 22.6 Å². The molecule has 0 amide bonds. The quantitative estimate of drug-likeness (QED) is 0.537. The van der Waals surface area contributed by atoms with E-state index in [9.17, 15) is 5.11 Å². The molecule has 4 fully saturated rings. The van der Waals surface area contributed by atoms with Gasteiger partial charge in [0.05, 0.1) is 5.60 Å². The van der Waals surface area contributed by atoms with Crippen molar-refractivity contribution in [2.24, 2.45) is 11.3 Å². The maximum atomic E-state index is 10.4. The molecule has 4 aliphatic rings. The van der Waals surface area contributed by atoms with Crippen molar-refractivity contribution in [2.75, 3.05) is 0 Å². The molecule has 4 saturated carbocycles. The van der Waals surface area contributed by atoms with Gasteiger partial charge in [-0.15, -0.1) is 0 Å². The van der Waals surface area contributed by atoms with Crippen molar-refractivity contribution in [2.45, 2.75) is 54.5 Å². The third kappa shape index (κ3) is 1.28. The molecular weight excluding hydrogens is 275 g/mol. The lowest BCUT2D eigenvalue weighted by Crippen LogP contribution is -2.60. The van der Waals surface area contributed by atoms with E-state index >= 15 is 0 Å². The van der Waals surface area contributed by atoms with Crippen molar-refractivity contribution >= 4 is 22.6 Å². The number of halogens is 1. The molecule has 0 spiro atoms. The first-order valence-electron chi connectivity index (χ1n) is 5.32. The molecule has 0 aromatic carbocycles. The molecule has 0 heterocycles. The van der Waals surface area contributed by atoms with Gasteiger partial charge in [0.15, 0.2) is 0 Å². The van der Waals surface area contributed by atoms with Crippen LogP contribution in [-0.4, -0.2) is 14.1 Å². The second kappa shape index (κ2) is 2.26. The van der Waals surface area contributed by atoms with Gasteiger partial charge in [0, 0.05) is 3.42 Å². The van der Waals surface area contributed by atoms with Crippen LogP contribution in [0.3, 0.4) is 0 Å². The van der Waals surface area contributed by atoms with E-state index in [1.807, 2.05) is 0 Å². The summed E-state index contributed by atoms with van der Waals surface area (Å²) in [7, 11) is 0. The Morgan fingerprint density at radius 1 is 1.15 bits per heavy atom. The molecule has 4 bridgehead atoms. The van der Waals surface area contributed by atoms with Gasteiger partial charge in [0.25, 0.3) is 0 Å². The van der Waals surface area contributed by atoms with Gasteiger partial charge in [-0.3, -0.25) is 0 Å². The normalized spacial score (nSPS) is 64.4. The molecule has 3 unspecified atom stereocenters. The Morgan fingerprint density at radius 3 is 2.46 bits per heavy atom. The van der Waals surface area contributed by atoms with Crippen LogP contribution in [0.1, 0.15) is 45.4 Å². The first-order chi connectivity index (χ1) is 5.91. The molecule has 4 atom stereocenters. The minimum absolute atomic E-state index is 0.282. The van der Waals surface area contributed by atoms with Gasteiger partial charge in [0.1, 0.15) is 0 Å². The topological polar surface area (TPSA) is 20.2 Å². The zero-order chi connectivity index (χ0) is 9.32. The maximum absolute atomic E-state index is 10.4. The van der Waals surface area contributed by atoms with Crippen molar-refractivity contribution < 1.29 is 5.11 Å². The molecule has 0 saturated heterocycles. The molecule has 4 rings (SSSR count). The van der Waals surface area contributed by atoms with Crippen molar-refractivity contribution in [3.8, 4) is 0 Å². The first kappa shape index (κ1) is 8.96. The SMILES string of the molecule is C[C@@]12CC3CC(O)(CC(I)(C3)C1)C2. The lowest BCUT2D eigenvalue weighted by Gasteiger charge is -2.62. The predicted molar refractivity (Wildman–Crippen MR) is 61.0 cm³/mol. The average molecular weight is 292 g/mol. The maximum Gasteiger partial charge on any atom is 0.0668 e. The molecule has 0 aliphatic heterocycles. The van der Waals surface area contributed by atoms with Gasteiger partial charge in [-0.2, -0.15) is 0 Å². The van der Waals surface area contributed by atoms with Crippen LogP contribution in [0.5, 0.6) is 0 Å². The van der Waals surface area contributed by atoms with Gasteiger partial charge in [-0.05, 0) is 49.9 Å². The van der Waals surface area contributed by atoms with Crippen molar-refractivity contribution in [1.29, 1.82) is 0 Å². The number of rotatable bonds is 0. The number of hydrogen-bond donors (Lipinski definition) is 1. The van der Waals surface area contributed by atoms with Crippen molar-refractivity contribution in [1.82, 2.24) is 0 Å². The molecule has 1 nitrogen and oxygen atoms in total. The summed E-state index contributed by atoms with van der Waals surface area (Å²) in [5.41, 5.74) is 0.185.